The van der Waals surface area contributed by atoms with Gasteiger partial charge in [-0.25, -0.2) is 27.1 Å². The van der Waals surface area contributed by atoms with Gasteiger partial charge in [0.2, 0.25) is 16.1 Å². The minimum Gasteiger partial charge on any atom is -0.473 e. The van der Waals surface area contributed by atoms with Crippen molar-refractivity contribution >= 4 is 67.2 Å². The number of nitrogens with zero attached hydrogens (tertiary/aromatic N) is 2. The molecule has 4 aromatic rings. The number of hydrogen-bond acceptors (Lipinski definition) is 9. The zero-order valence-corrected chi connectivity index (χ0v) is 26.3. The second-order valence-corrected chi connectivity index (χ2v) is 12.4. The maximum absolute atomic E-state index is 13.9. The first kappa shape index (κ1) is 33.6. The van der Waals surface area contributed by atoms with Gasteiger partial charge in [-0.15, -0.1) is 0 Å². The summed E-state index contributed by atoms with van der Waals surface area (Å²) in [4.78, 5) is 47.0. The fourth-order valence-corrected chi connectivity index (χ4v) is 5.20. The van der Waals surface area contributed by atoms with E-state index >= 15 is 0 Å². The standard InChI is InChI=1S/C27H29ClN6O9S2/c1-3-42-27(37)16-5-8-18(9-6-16)43-22(25(35)31-21-15-17(33-44(38)39)7-10-20(21)28)24-32-23-19(11-13-29-23)26(36)34(24)14-4-12-30-45(2,40)41/h5-11,13,15,22,29-30,33H,3-4,12,14H2,1-2H3,(H,31,35)(H,38,39). The number of aromatic amines is 1. The summed E-state index contributed by atoms with van der Waals surface area (Å²) < 4.78 is 60.5. The van der Waals surface area contributed by atoms with Crippen molar-refractivity contribution in [3.8, 4) is 5.75 Å². The maximum Gasteiger partial charge on any atom is 0.338 e. The second-order valence-electron chi connectivity index (χ2n) is 9.46. The molecule has 2 unspecified atom stereocenters. The lowest BCUT2D eigenvalue weighted by molar-refractivity contribution is -0.123. The molecular formula is C27H29ClN6O9S2. The molecule has 2 aromatic carbocycles. The van der Waals surface area contributed by atoms with Crippen LogP contribution in [0.15, 0.2) is 59.5 Å². The summed E-state index contributed by atoms with van der Waals surface area (Å²) in [5.41, 5.74) is 0.127. The van der Waals surface area contributed by atoms with Crippen molar-refractivity contribution in [1.82, 2.24) is 19.3 Å². The number of H-pyrrole nitrogens is 1. The minimum absolute atomic E-state index is 0.00452. The quantitative estimate of drug-likeness (QED) is 0.0747. The third kappa shape index (κ3) is 8.89. The van der Waals surface area contributed by atoms with E-state index in [2.05, 4.69) is 24.7 Å². The molecule has 0 saturated heterocycles. The van der Waals surface area contributed by atoms with Crippen LogP contribution < -0.4 is 25.1 Å². The van der Waals surface area contributed by atoms with Gasteiger partial charge < -0.3 is 19.8 Å². The van der Waals surface area contributed by atoms with Gasteiger partial charge in [-0.05, 0) is 61.9 Å². The van der Waals surface area contributed by atoms with Gasteiger partial charge in [0.05, 0.1) is 40.2 Å². The van der Waals surface area contributed by atoms with E-state index in [1.54, 1.807) is 6.92 Å². The van der Waals surface area contributed by atoms with Gasteiger partial charge in [0, 0.05) is 19.3 Å². The summed E-state index contributed by atoms with van der Waals surface area (Å²) >= 11 is 3.91. The SMILES string of the molecule is CCOC(=O)c1ccc(OC(C(=O)Nc2cc(NS(=O)O)ccc2Cl)c2nc3[nH]ccc3c(=O)n2CCCNS(C)(=O)=O)cc1. The van der Waals surface area contributed by atoms with E-state index in [4.69, 9.17) is 21.1 Å². The lowest BCUT2D eigenvalue weighted by Crippen LogP contribution is -2.35. The number of aromatic nitrogens is 3. The van der Waals surface area contributed by atoms with Gasteiger partial charge in [0.15, 0.2) is 5.82 Å². The number of halogens is 1. The molecule has 0 spiro atoms. The molecule has 2 aromatic heterocycles. The molecule has 2 atom stereocenters. The van der Waals surface area contributed by atoms with Crippen LogP contribution >= 0.6 is 11.6 Å². The van der Waals surface area contributed by atoms with E-state index < -0.39 is 44.8 Å². The van der Waals surface area contributed by atoms with E-state index in [0.29, 0.717) is 0 Å². The van der Waals surface area contributed by atoms with Gasteiger partial charge in [-0.2, -0.15) is 0 Å². The highest BCUT2D eigenvalue weighted by Gasteiger charge is 2.30. The molecule has 0 bridgehead atoms. The number of ether oxygens (including phenoxy) is 2. The average molecular weight is 681 g/mol. The molecule has 45 heavy (non-hydrogen) atoms. The van der Waals surface area contributed by atoms with Crippen molar-refractivity contribution in [2.75, 3.05) is 29.4 Å². The number of esters is 1. The molecule has 15 nitrogen and oxygen atoms in total. The Kier molecular flexibility index (Phi) is 10.9. The van der Waals surface area contributed by atoms with Crippen LogP contribution in [0.4, 0.5) is 11.4 Å². The van der Waals surface area contributed by atoms with Crippen LogP contribution in [0.3, 0.4) is 0 Å². The number of rotatable bonds is 14. The molecule has 1 amide bonds. The number of carbonyl (C=O) groups is 2. The normalized spacial score (nSPS) is 12.8. The summed E-state index contributed by atoms with van der Waals surface area (Å²) in [6.45, 7) is 1.81. The zero-order valence-electron chi connectivity index (χ0n) is 23.9. The minimum atomic E-state index is -3.49. The van der Waals surface area contributed by atoms with E-state index in [9.17, 15) is 31.6 Å². The fraction of sp³-hybridized carbons (Fsp3) is 0.259. The van der Waals surface area contributed by atoms with Crippen LogP contribution in [0.2, 0.25) is 5.02 Å². The molecular weight excluding hydrogens is 652 g/mol. The Hall–Kier alpha value is -4.29. The Balaban J connectivity index is 1.77. The molecule has 2 heterocycles. The largest absolute Gasteiger partial charge is 0.473 e. The number of sulfonamides is 1. The number of benzene rings is 2. The molecule has 4 rings (SSSR count). The van der Waals surface area contributed by atoms with Crippen molar-refractivity contribution in [2.24, 2.45) is 0 Å². The lowest BCUT2D eigenvalue weighted by atomic mass is 10.2. The van der Waals surface area contributed by atoms with Crippen molar-refractivity contribution < 1.29 is 36.2 Å². The van der Waals surface area contributed by atoms with Crippen molar-refractivity contribution in [2.45, 2.75) is 26.0 Å². The monoisotopic (exact) mass is 680 g/mol. The number of anilines is 2. The molecule has 240 valence electrons. The van der Waals surface area contributed by atoms with Crippen molar-refractivity contribution in [3.63, 3.8) is 0 Å². The van der Waals surface area contributed by atoms with Crippen LogP contribution in [-0.4, -0.2) is 63.0 Å². The van der Waals surface area contributed by atoms with Gasteiger partial charge in [0.1, 0.15) is 11.4 Å². The summed E-state index contributed by atoms with van der Waals surface area (Å²) in [6.07, 6.45) is 1.08. The number of amides is 1. The van der Waals surface area contributed by atoms with Crippen LogP contribution in [0.1, 0.15) is 35.6 Å². The first-order valence-electron chi connectivity index (χ1n) is 13.3. The number of fused-ring (bicyclic) bond motifs is 1. The van der Waals surface area contributed by atoms with E-state index in [1.807, 2.05) is 0 Å². The predicted octanol–water partition coefficient (Wildman–Crippen LogP) is 2.80. The molecule has 0 aliphatic rings. The zero-order chi connectivity index (χ0) is 32.7. The smallest absolute Gasteiger partial charge is 0.338 e. The first-order chi connectivity index (χ1) is 21.4. The highest BCUT2D eigenvalue weighted by molar-refractivity contribution is 7.88. The van der Waals surface area contributed by atoms with Crippen LogP contribution in [0.5, 0.6) is 5.75 Å². The summed E-state index contributed by atoms with van der Waals surface area (Å²) in [6, 6.07) is 11.4. The van der Waals surface area contributed by atoms with Crippen molar-refractivity contribution in [3.05, 3.63) is 81.5 Å². The Morgan fingerprint density at radius 3 is 2.58 bits per heavy atom. The molecule has 0 aliphatic carbocycles. The topological polar surface area (TPSA) is 211 Å². The van der Waals surface area contributed by atoms with Gasteiger partial charge in [-0.1, -0.05) is 11.6 Å². The van der Waals surface area contributed by atoms with Gasteiger partial charge >= 0.3 is 5.97 Å². The van der Waals surface area contributed by atoms with E-state index in [0.717, 1.165) is 6.26 Å². The fourth-order valence-electron chi connectivity index (χ4n) is 4.19. The molecule has 5 N–H and O–H groups in total. The van der Waals surface area contributed by atoms with Crippen molar-refractivity contribution in [1.29, 1.82) is 0 Å². The van der Waals surface area contributed by atoms with Gasteiger partial charge in [-0.3, -0.25) is 23.4 Å². The predicted molar refractivity (Wildman–Crippen MR) is 168 cm³/mol. The Bertz CT molecular complexity index is 1890. The summed E-state index contributed by atoms with van der Waals surface area (Å²) in [5, 5.41) is 2.94. The Morgan fingerprint density at radius 2 is 1.91 bits per heavy atom. The highest BCUT2D eigenvalue weighted by atomic mass is 35.5. The summed E-state index contributed by atoms with van der Waals surface area (Å²) in [5.74, 6) is -1.37. The maximum atomic E-state index is 13.9. The second kappa shape index (κ2) is 14.7. The summed E-state index contributed by atoms with van der Waals surface area (Å²) in [7, 11) is -3.49. The highest BCUT2D eigenvalue weighted by Crippen LogP contribution is 2.29. The van der Waals surface area contributed by atoms with E-state index in [1.165, 1.54) is 59.3 Å². The first-order valence-corrected chi connectivity index (χ1v) is 16.7. The average Bonchev–Trinajstić information content (AvgIpc) is 3.45. The third-order valence-corrected chi connectivity index (χ3v) is 7.62. The molecule has 18 heteroatoms. The van der Waals surface area contributed by atoms with E-state index in [-0.39, 0.29) is 70.7 Å². The lowest BCUT2D eigenvalue weighted by Gasteiger charge is -2.22. The Labute approximate surface area is 264 Å². The third-order valence-electron chi connectivity index (χ3n) is 6.15. The van der Waals surface area contributed by atoms with Crippen LogP contribution in [0, 0.1) is 0 Å². The molecule has 0 aliphatic heterocycles. The molecule has 0 fully saturated rings. The van der Waals surface area contributed by atoms with Crippen LogP contribution in [-0.2, 0) is 37.4 Å². The molecule has 0 radical (unpaired) electrons. The van der Waals surface area contributed by atoms with Crippen LogP contribution in [0.25, 0.3) is 11.0 Å². The number of carbonyl (C=O) groups excluding carboxylic acids is 2. The Morgan fingerprint density at radius 1 is 1.18 bits per heavy atom. The number of nitrogens with one attached hydrogen (secondary N) is 4. The van der Waals surface area contributed by atoms with Gasteiger partial charge in [0.25, 0.3) is 22.7 Å². The number of hydrogen-bond donors (Lipinski definition) is 5. The molecule has 0 saturated carbocycles.